The number of nitrogens with one attached hydrogen (secondary N) is 1. The van der Waals surface area contributed by atoms with Gasteiger partial charge in [0.05, 0.1) is 5.60 Å². The summed E-state index contributed by atoms with van der Waals surface area (Å²) in [4.78, 5) is 0. The van der Waals surface area contributed by atoms with Crippen LogP contribution in [0.4, 0.5) is 0 Å². The number of hydrogen-bond acceptors (Lipinski definition) is 2. The minimum atomic E-state index is -0.592. The minimum Gasteiger partial charge on any atom is -0.389 e. The Morgan fingerprint density at radius 1 is 1.32 bits per heavy atom. The molecule has 0 saturated carbocycles. The lowest BCUT2D eigenvalue weighted by molar-refractivity contribution is 0.0354. The molecule has 2 N–H and O–H groups in total. The molecular weight excluding hydrogens is 234 g/mol. The van der Waals surface area contributed by atoms with Gasteiger partial charge < -0.3 is 10.4 Å². The van der Waals surface area contributed by atoms with Crippen molar-refractivity contribution in [3.8, 4) is 0 Å². The maximum Gasteiger partial charge on any atom is 0.0746 e. The topological polar surface area (TPSA) is 32.3 Å². The SMILES string of the molecule is CC(C)CC(C)(O)CNC1CCc2ccccc2C1. The summed E-state index contributed by atoms with van der Waals surface area (Å²) >= 11 is 0. The molecule has 2 unspecified atom stereocenters. The molecule has 0 bridgehead atoms. The van der Waals surface area contributed by atoms with E-state index in [9.17, 15) is 5.11 Å². The van der Waals surface area contributed by atoms with Gasteiger partial charge in [-0.25, -0.2) is 0 Å². The van der Waals surface area contributed by atoms with Crippen molar-refractivity contribution in [3.63, 3.8) is 0 Å². The number of rotatable bonds is 5. The van der Waals surface area contributed by atoms with Crippen LogP contribution in [0.15, 0.2) is 24.3 Å². The number of benzene rings is 1. The van der Waals surface area contributed by atoms with E-state index in [1.165, 1.54) is 17.5 Å². The average Bonchev–Trinajstić information content (AvgIpc) is 2.35. The zero-order valence-electron chi connectivity index (χ0n) is 12.4. The van der Waals surface area contributed by atoms with Gasteiger partial charge in [-0.15, -0.1) is 0 Å². The summed E-state index contributed by atoms with van der Waals surface area (Å²) in [5.41, 5.74) is 2.37. The van der Waals surface area contributed by atoms with Crippen LogP contribution in [0.25, 0.3) is 0 Å². The Balaban J connectivity index is 1.86. The summed E-state index contributed by atoms with van der Waals surface area (Å²) in [6.45, 7) is 6.95. The molecule has 0 amide bonds. The first-order chi connectivity index (χ1) is 8.96. The molecule has 19 heavy (non-hydrogen) atoms. The van der Waals surface area contributed by atoms with Gasteiger partial charge in [0.25, 0.3) is 0 Å². The molecule has 0 radical (unpaired) electrons. The Bertz CT molecular complexity index is 411. The maximum absolute atomic E-state index is 10.3. The molecule has 2 nitrogen and oxygen atoms in total. The van der Waals surface area contributed by atoms with Crippen molar-refractivity contribution in [2.45, 2.75) is 58.1 Å². The van der Waals surface area contributed by atoms with E-state index in [0.29, 0.717) is 18.5 Å². The van der Waals surface area contributed by atoms with Crippen LogP contribution in [0.5, 0.6) is 0 Å². The van der Waals surface area contributed by atoms with Crippen molar-refractivity contribution in [2.24, 2.45) is 5.92 Å². The Morgan fingerprint density at radius 2 is 2.00 bits per heavy atom. The molecule has 2 rings (SSSR count). The van der Waals surface area contributed by atoms with E-state index in [4.69, 9.17) is 0 Å². The summed E-state index contributed by atoms with van der Waals surface area (Å²) in [5.74, 6) is 0.531. The zero-order valence-corrected chi connectivity index (χ0v) is 12.4. The molecule has 1 aromatic carbocycles. The molecule has 1 aliphatic rings. The number of aliphatic hydroxyl groups is 1. The second kappa shape index (κ2) is 6.06. The van der Waals surface area contributed by atoms with Crippen molar-refractivity contribution >= 4 is 0 Å². The lowest BCUT2D eigenvalue weighted by Crippen LogP contribution is -2.45. The summed E-state index contributed by atoms with van der Waals surface area (Å²) in [6, 6.07) is 9.22. The fourth-order valence-electron chi connectivity index (χ4n) is 3.19. The molecule has 0 saturated heterocycles. The quantitative estimate of drug-likeness (QED) is 0.854. The summed E-state index contributed by atoms with van der Waals surface area (Å²) in [7, 11) is 0. The zero-order chi connectivity index (χ0) is 13.9. The number of hydrogen-bond donors (Lipinski definition) is 2. The first kappa shape index (κ1) is 14.5. The third-order valence-corrected chi connectivity index (χ3v) is 3.97. The maximum atomic E-state index is 10.3. The van der Waals surface area contributed by atoms with Gasteiger partial charge in [-0.05, 0) is 49.7 Å². The monoisotopic (exact) mass is 261 g/mol. The molecule has 1 aromatic rings. The van der Waals surface area contributed by atoms with Crippen LogP contribution in [0.1, 0.15) is 44.7 Å². The molecule has 0 aliphatic heterocycles. The highest BCUT2D eigenvalue weighted by molar-refractivity contribution is 5.30. The predicted molar refractivity (Wildman–Crippen MR) is 80.3 cm³/mol. The molecular formula is C17H27NO. The van der Waals surface area contributed by atoms with Gasteiger partial charge in [0.15, 0.2) is 0 Å². The van der Waals surface area contributed by atoms with E-state index in [1.807, 2.05) is 6.92 Å². The second-order valence-corrected chi connectivity index (χ2v) is 6.68. The van der Waals surface area contributed by atoms with E-state index >= 15 is 0 Å². The fourth-order valence-corrected chi connectivity index (χ4v) is 3.19. The van der Waals surface area contributed by atoms with Crippen molar-refractivity contribution in [1.82, 2.24) is 5.32 Å². The number of aryl methyl sites for hydroxylation is 1. The van der Waals surface area contributed by atoms with Crippen molar-refractivity contribution in [3.05, 3.63) is 35.4 Å². The van der Waals surface area contributed by atoms with E-state index < -0.39 is 5.60 Å². The van der Waals surface area contributed by atoms with Crippen LogP contribution in [0.3, 0.4) is 0 Å². The van der Waals surface area contributed by atoms with Gasteiger partial charge in [-0.3, -0.25) is 0 Å². The lowest BCUT2D eigenvalue weighted by Gasteiger charge is -2.31. The summed E-state index contributed by atoms with van der Waals surface area (Å²) in [5, 5.41) is 13.9. The highest BCUT2D eigenvalue weighted by Gasteiger charge is 2.24. The lowest BCUT2D eigenvalue weighted by atomic mass is 9.87. The molecule has 0 aromatic heterocycles. The Kier molecular flexibility index (Phi) is 4.64. The van der Waals surface area contributed by atoms with Crippen molar-refractivity contribution in [1.29, 1.82) is 0 Å². The first-order valence-corrected chi connectivity index (χ1v) is 7.49. The number of fused-ring (bicyclic) bond motifs is 1. The molecule has 1 aliphatic carbocycles. The predicted octanol–water partition coefficient (Wildman–Crippen LogP) is 2.93. The molecule has 106 valence electrons. The van der Waals surface area contributed by atoms with E-state index in [-0.39, 0.29) is 0 Å². The van der Waals surface area contributed by atoms with Gasteiger partial charge >= 0.3 is 0 Å². The smallest absolute Gasteiger partial charge is 0.0746 e. The average molecular weight is 261 g/mol. The van der Waals surface area contributed by atoms with Crippen LogP contribution in [-0.2, 0) is 12.8 Å². The highest BCUT2D eigenvalue weighted by atomic mass is 16.3. The molecule has 2 heteroatoms. The van der Waals surface area contributed by atoms with Gasteiger partial charge in [-0.2, -0.15) is 0 Å². The van der Waals surface area contributed by atoms with Crippen LogP contribution in [0, 0.1) is 5.92 Å². The first-order valence-electron chi connectivity index (χ1n) is 7.49. The van der Waals surface area contributed by atoms with Crippen molar-refractivity contribution < 1.29 is 5.11 Å². The van der Waals surface area contributed by atoms with E-state index in [1.54, 1.807) is 0 Å². The van der Waals surface area contributed by atoms with Gasteiger partial charge in [0.2, 0.25) is 0 Å². The van der Waals surface area contributed by atoms with Gasteiger partial charge in [0.1, 0.15) is 0 Å². The third kappa shape index (κ3) is 4.32. The summed E-state index contributed by atoms with van der Waals surface area (Å²) < 4.78 is 0. The highest BCUT2D eigenvalue weighted by Crippen LogP contribution is 2.22. The Hall–Kier alpha value is -0.860. The third-order valence-electron chi connectivity index (χ3n) is 3.97. The van der Waals surface area contributed by atoms with Crippen LogP contribution < -0.4 is 5.32 Å². The van der Waals surface area contributed by atoms with Crippen LogP contribution >= 0.6 is 0 Å². The fraction of sp³-hybridized carbons (Fsp3) is 0.647. The van der Waals surface area contributed by atoms with E-state index in [0.717, 1.165) is 19.3 Å². The standard InChI is InChI=1S/C17H27NO/c1-13(2)11-17(3,19)12-18-16-9-8-14-6-4-5-7-15(14)10-16/h4-7,13,16,18-19H,8-12H2,1-3H3. The Labute approximate surface area is 117 Å². The van der Waals surface area contributed by atoms with Crippen molar-refractivity contribution in [2.75, 3.05) is 6.54 Å². The molecule has 0 spiro atoms. The van der Waals surface area contributed by atoms with Crippen LogP contribution in [-0.4, -0.2) is 23.3 Å². The molecule has 0 fully saturated rings. The molecule has 2 atom stereocenters. The molecule has 0 heterocycles. The Morgan fingerprint density at radius 3 is 2.68 bits per heavy atom. The van der Waals surface area contributed by atoms with Gasteiger partial charge in [-0.1, -0.05) is 38.1 Å². The van der Waals surface area contributed by atoms with Gasteiger partial charge in [0, 0.05) is 12.6 Å². The van der Waals surface area contributed by atoms with E-state index in [2.05, 4.69) is 43.4 Å². The largest absolute Gasteiger partial charge is 0.389 e. The second-order valence-electron chi connectivity index (χ2n) is 6.68. The minimum absolute atomic E-state index is 0.508. The normalized spacial score (nSPS) is 22.1. The summed E-state index contributed by atoms with van der Waals surface area (Å²) in [6.07, 6.45) is 4.27. The van der Waals surface area contributed by atoms with Crippen LogP contribution in [0.2, 0.25) is 0 Å².